The Labute approximate surface area is 53.3 Å². The van der Waals surface area contributed by atoms with Gasteiger partial charge in [0.25, 0.3) is 0 Å². The summed E-state index contributed by atoms with van der Waals surface area (Å²) < 4.78 is 0. The molecule has 0 atom stereocenters. The van der Waals surface area contributed by atoms with E-state index in [1.807, 2.05) is 0 Å². The SMILES string of the molecule is C[CH]CC.[CH]1CCC1. The molecule has 0 aliphatic heterocycles. The van der Waals surface area contributed by atoms with Crippen LogP contribution in [0.5, 0.6) is 0 Å². The van der Waals surface area contributed by atoms with Crippen LogP contribution in [0, 0.1) is 12.8 Å². The summed E-state index contributed by atoms with van der Waals surface area (Å²) >= 11 is 0. The van der Waals surface area contributed by atoms with Gasteiger partial charge in [0, 0.05) is 0 Å². The molecule has 0 spiro atoms. The van der Waals surface area contributed by atoms with Crippen molar-refractivity contribution in [1.82, 2.24) is 0 Å². The van der Waals surface area contributed by atoms with E-state index >= 15 is 0 Å². The Balaban J connectivity index is 0.000000122. The van der Waals surface area contributed by atoms with Crippen molar-refractivity contribution in [2.24, 2.45) is 0 Å². The molecule has 0 saturated heterocycles. The van der Waals surface area contributed by atoms with Gasteiger partial charge in [-0.15, -0.1) is 0 Å². The lowest BCUT2D eigenvalue weighted by Crippen LogP contribution is -1.87. The largest absolute Gasteiger partial charge is 0.0651 e. The fourth-order valence-corrected chi connectivity index (χ4v) is 0.204. The molecule has 0 aromatic rings. The Hall–Kier alpha value is 0. The molecule has 0 amide bonds. The standard InChI is InChI=1S/C4H7.C4H9/c1-2-4-3-1;1-3-4-2/h1H,2-4H2;3H,4H2,1-2H3. The van der Waals surface area contributed by atoms with E-state index in [-0.39, 0.29) is 0 Å². The van der Waals surface area contributed by atoms with Crippen LogP contribution < -0.4 is 0 Å². The zero-order valence-corrected chi connectivity index (χ0v) is 5.98. The van der Waals surface area contributed by atoms with Crippen molar-refractivity contribution in [2.75, 3.05) is 0 Å². The van der Waals surface area contributed by atoms with E-state index in [4.69, 9.17) is 0 Å². The molecule has 1 aliphatic rings. The van der Waals surface area contributed by atoms with E-state index < -0.39 is 0 Å². The van der Waals surface area contributed by atoms with E-state index in [1.54, 1.807) is 0 Å². The molecular formula is C8H16. The zero-order chi connectivity index (χ0) is 6.24. The zero-order valence-electron chi connectivity index (χ0n) is 5.98. The molecule has 0 unspecified atom stereocenters. The Morgan fingerprint density at radius 3 is 1.75 bits per heavy atom. The molecule has 1 saturated carbocycles. The molecule has 0 aromatic heterocycles. The van der Waals surface area contributed by atoms with Crippen molar-refractivity contribution in [3.05, 3.63) is 12.8 Å². The van der Waals surface area contributed by atoms with Crippen molar-refractivity contribution < 1.29 is 0 Å². The Kier molecular flexibility index (Phi) is 7.00. The van der Waals surface area contributed by atoms with Gasteiger partial charge in [0.15, 0.2) is 0 Å². The molecule has 1 fully saturated rings. The highest BCUT2D eigenvalue weighted by Crippen LogP contribution is 2.13. The number of unbranched alkanes of at least 4 members (excludes halogenated alkanes) is 1. The van der Waals surface area contributed by atoms with Gasteiger partial charge in [-0.05, 0) is 12.8 Å². The van der Waals surface area contributed by atoms with Gasteiger partial charge in [0.05, 0.1) is 0 Å². The summed E-state index contributed by atoms with van der Waals surface area (Å²) in [5, 5.41) is 0. The normalized spacial score (nSPS) is 15.8. The van der Waals surface area contributed by atoms with E-state index in [9.17, 15) is 0 Å². The lowest BCUT2D eigenvalue weighted by atomic mass is 10.0. The summed E-state index contributed by atoms with van der Waals surface area (Å²) in [6.45, 7) is 4.18. The first kappa shape index (κ1) is 8.00. The Morgan fingerprint density at radius 1 is 1.50 bits per heavy atom. The van der Waals surface area contributed by atoms with E-state index in [1.165, 1.54) is 25.7 Å². The number of rotatable bonds is 1. The monoisotopic (exact) mass is 112 g/mol. The molecule has 0 nitrogen and oxygen atoms in total. The second-order valence-electron chi connectivity index (χ2n) is 2.04. The van der Waals surface area contributed by atoms with Crippen LogP contribution in [-0.2, 0) is 0 Å². The number of hydrogen-bond donors (Lipinski definition) is 0. The molecule has 0 aromatic carbocycles. The first-order chi connectivity index (χ1) is 3.91. The summed E-state index contributed by atoms with van der Waals surface area (Å²) in [5.74, 6) is 0. The molecule has 8 heavy (non-hydrogen) atoms. The van der Waals surface area contributed by atoms with Gasteiger partial charge >= 0.3 is 0 Å². The van der Waals surface area contributed by atoms with Gasteiger partial charge in [-0.1, -0.05) is 39.5 Å². The van der Waals surface area contributed by atoms with Gasteiger partial charge in [-0.25, -0.2) is 0 Å². The lowest BCUT2D eigenvalue weighted by Gasteiger charge is -2.05. The van der Waals surface area contributed by atoms with Crippen LogP contribution in [0.1, 0.15) is 39.5 Å². The predicted molar refractivity (Wildman–Crippen MR) is 38.4 cm³/mol. The van der Waals surface area contributed by atoms with E-state index in [0.717, 1.165) is 0 Å². The number of hydrogen-bond acceptors (Lipinski definition) is 0. The fraction of sp³-hybridized carbons (Fsp3) is 0.750. The van der Waals surface area contributed by atoms with Crippen LogP contribution >= 0.6 is 0 Å². The molecule has 0 heteroatoms. The fourth-order valence-electron chi connectivity index (χ4n) is 0.204. The summed E-state index contributed by atoms with van der Waals surface area (Å²) in [6.07, 6.45) is 9.82. The van der Waals surface area contributed by atoms with Crippen molar-refractivity contribution >= 4 is 0 Å². The smallest absolute Gasteiger partial charge is 0.0386 e. The Bertz CT molecular complexity index is 21.0. The highest BCUT2D eigenvalue weighted by atomic mass is 14.0. The van der Waals surface area contributed by atoms with Crippen LogP contribution in [0.15, 0.2) is 0 Å². The lowest BCUT2D eigenvalue weighted by molar-refractivity contribution is 0.652. The summed E-state index contributed by atoms with van der Waals surface area (Å²) in [5.41, 5.74) is 0. The molecule has 1 aliphatic carbocycles. The molecule has 0 bridgehead atoms. The first-order valence-corrected chi connectivity index (χ1v) is 3.51. The summed E-state index contributed by atoms with van der Waals surface area (Å²) in [6, 6.07) is 0. The van der Waals surface area contributed by atoms with Gasteiger partial charge in [-0.2, -0.15) is 0 Å². The van der Waals surface area contributed by atoms with Gasteiger partial charge < -0.3 is 0 Å². The van der Waals surface area contributed by atoms with E-state index in [0.29, 0.717) is 0 Å². The molecule has 2 radical (unpaired) electrons. The molecule has 48 valence electrons. The van der Waals surface area contributed by atoms with Crippen LogP contribution in [0.2, 0.25) is 0 Å². The average Bonchev–Trinajstić information content (AvgIpc) is 1.61. The average molecular weight is 112 g/mol. The first-order valence-electron chi connectivity index (χ1n) is 3.51. The van der Waals surface area contributed by atoms with Crippen LogP contribution in [0.3, 0.4) is 0 Å². The highest BCUT2D eigenvalue weighted by Gasteiger charge is 1.95. The van der Waals surface area contributed by atoms with Crippen LogP contribution in [0.25, 0.3) is 0 Å². The van der Waals surface area contributed by atoms with Gasteiger partial charge in [0.2, 0.25) is 0 Å². The van der Waals surface area contributed by atoms with Crippen molar-refractivity contribution in [3.63, 3.8) is 0 Å². The van der Waals surface area contributed by atoms with E-state index in [2.05, 4.69) is 26.7 Å². The molecule has 0 N–H and O–H groups in total. The maximum absolute atomic E-state index is 2.31. The summed E-state index contributed by atoms with van der Waals surface area (Å²) in [7, 11) is 0. The van der Waals surface area contributed by atoms with Crippen molar-refractivity contribution in [2.45, 2.75) is 39.5 Å². The minimum atomic E-state index is 1.19. The third-order valence-electron chi connectivity index (χ3n) is 1.22. The molecular weight excluding hydrogens is 96.1 g/mol. The topological polar surface area (TPSA) is 0 Å². The Morgan fingerprint density at radius 2 is 1.75 bits per heavy atom. The van der Waals surface area contributed by atoms with Crippen LogP contribution in [0.4, 0.5) is 0 Å². The van der Waals surface area contributed by atoms with Crippen molar-refractivity contribution in [1.29, 1.82) is 0 Å². The minimum Gasteiger partial charge on any atom is -0.0651 e. The predicted octanol–water partition coefficient (Wildman–Crippen LogP) is 3.00. The van der Waals surface area contributed by atoms with Gasteiger partial charge in [-0.3, -0.25) is 0 Å². The third-order valence-corrected chi connectivity index (χ3v) is 1.22. The molecule has 1 rings (SSSR count). The van der Waals surface area contributed by atoms with Crippen LogP contribution in [-0.4, -0.2) is 0 Å². The summed E-state index contributed by atoms with van der Waals surface area (Å²) in [4.78, 5) is 0. The highest BCUT2D eigenvalue weighted by molar-refractivity contribution is 4.74. The maximum atomic E-state index is 2.31. The quantitative estimate of drug-likeness (QED) is 0.489. The second-order valence-corrected chi connectivity index (χ2v) is 2.04. The van der Waals surface area contributed by atoms with Crippen molar-refractivity contribution in [3.8, 4) is 0 Å². The minimum absolute atomic E-state index is 1.19. The second kappa shape index (κ2) is 7.00. The maximum Gasteiger partial charge on any atom is -0.0386 e. The third kappa shape index (κ3) is 6.00. The molecule has 0 heterocycles. The van der Waals surface area contributed by atoms with Gasteiger partial charge in [0.1, 0.15) is 0 Å².